The van der Waals surface area contributed by atoms with Gasteiger partial charge >= 0.3 is 12.1 Å². The van der Waals surface area contributed by atoms with E-state index < -0.39 is 22.7 Å². The monoisotopic (exact) mass is 547 g/mol. The summed E-state index contributed by atoms with van der Waals surface area (Å²) in [6.07, 6.45) is 0.243. The van der Waals surface area contributed by atoms with Crippen LogP contribution in [0, 0.1) is 10.9 Å². The number of benzene rings is 3. The van der Waals surface area contributed by atoms with Crippen molar-refractivity contribution in [2.75, 3.05) is 11.9 Å². The molecule has 1 heterocycles. The fourth-order valence-electron chi connectivity index (χ4n) is 4.57. The fourth-order valence-corrected chi connectivity index (χ4v) is 5.42. The van der Waals surface area contributed by atoms with E-state index in [0.717, 1.165) is 46.4 Å². The van der Waals surface area contributed by atoms with Crippen molar-refractivity contribution in [1.29, 1.82) is 0 Å². The van der Waals surface area contributed by atoms with Gasteiger partial charge in [-0.2, -0.15) is 4.39 Å². The third-order valence-electron chi connectivity index (χ3n) is 6.90. The molecule has 0 saturated heterocycles. The van der Waals surface area contributed by atoms with Crippen LogP contribution >= 0.6 is 11.3 Å². The summed E-state index contributed by atoms with van der Waals surface area (Å²) in [5.74, 6) is -0.541. The molecule has 1 aromatic heterocycles. The fraction of sp³-hybridized carbons (Fsp3) is 0.226. The minimum Gasteiger partial charge on any atom is -0.465 e. The van der Waals surface area contributed by atoms with Crippen LogP contribution in [0.25, 0.3) is 21.6 Å². The molecule has 0 radical (unpaired) electrons. The number of carbonyl (C=O) groups is 2. The van der Waals surface area contributed by atoms with Crippen LogP contribution < -0.4 is 5.32 Å². The molecule has 1 atom stereocenters. The summed E-state index contributed by atoms with van der Waals surface area (Å²) in [5, 5.41) is 2.19. The summed E-state index contributed by atoms with van der Waals surface area (Å²) in [6, 6.07) is 22.5. The van der Waals surface area contributed by atoms with Gasteiger partial charge in [-0.25, -0.2) is 9.18 Å². The van der Waals surface area contributed by atoms with Crippen molar-refractivity contribution in [3.8, 4) is 21.6 Å². The smallest absolute Gasteiger partial charge is 0.412 e. The van der Waals surface area contributed by atoms with Crippen molar-refractivity contribution in [3.05, 3.63) is 101 Å². The molecule has 1 unspecified atom stereocenters. The first-order valence-corrected chi connectivity index (χ1v) is 13.5. The van der Waals surface area contributed by atoms with E-state index in [0.29, 0.717) is 22.7 Å². The molecule has 1 saturated carbocycles. The zero-order chi connectivity index (χ0) is 27.6. The second-order valence-electron chi connectivity index (χ2n) is 9.47. The van der Waals surface area contributed by atoms with E-state index in [4.69, 9.17) is 9.47 Å². The molecular formula is C31H27F2NO4S. The quantitative estimate of drug-likeness (QED) is 0.226. The highest BCUT2D eigenvalue weighted by molar-refractivity contribution is 7.14. The van der Waals surface area contributed by atoms with Gasteiger partial charge in [-0.15, -0.1) is 11.3 Å². The Morgan fingerprint density at radius 3 is 2.10 bits per heavy atom. The number of anilines is 1. The number of nitrogens with one attached hydrogen (secondary N) is 1. The lowest BCUT2D eigenvalue weighted by Gasteiger charge is -2.15. The molecule has 5 nitrogen and oxygen atoms in total. The highest BCUT2D eigenvalue weighted by Crippen LogP contribution is 2.49. The van der Waals surface area contributed by atoms with E-state index in [2.05, 4.69) is 5.32 Å². The number of halogens is 2. The summed E-state index contributed by atoms with van der Waals surface area (Å²) in [7, 11) is 0. The maximum absolute atomic E-state index is 14.2. The molecule has 1 aliphatic carbocycles. The van der Waals surface area contributed by atoms with Crippen LogP contribution in [0.5, 0.6) is 0 Å². The maximum atomic E-state index is 14.2. The molecule has 39 heavy (non-hydrogen) atoms. The Labute approximate surface area is 229 Å². The van der Waals surface area contributed by atoms with Gasteiger partial charge in [0.05, 0.1) is 22.6 Å². The molecule has 1 aliphatic rings. The first-order valence-electron chi connectivity index (χ1n) is 12.7. The van der Waals surface area contributed by atoms with Crippen molar-refractivity contribution < 1.29 is 27.8 Å². The summed E-state index contributed by atoms with van der Waals surface area (Å²) in [5.41, 5.74) is 4.09. The Balaban J connectivity index is 1.28. The van der Waals surface area contributed by atoms with Crippen molar-refractivity contribution in [2.45, 2.75) is 38.2 Å². The minimum absolute atomic E-state index is 0.163. The van der Waals surface area contributed by atoms with Crippen LogP contribution in [0.1, 0.15) is 43.9 Å². The summed E-state index contributed by atoms with van der Waals surface area (Å²) in [4.78, 5) is 25.5. The molecule has 3 aromatic carbocycles. The number of rotatable bonds is 8. The summed E-state index contributed by atoms with van der Waals surface area (Å²) >= 11 is 0.924. The van der Waals surface area contributed by atoms with Gasteiger partial charge in [-0.1, -0.05) is 60.7 Å². The first-order chi connectivity index (χ1) is 18.8. The number of thiophene rings is 1. The highest BCUT2D eigenvalue weighted by atomic mass is 32.1. The number of carbonyl (C=O) groups excluding carboxylic acids is 2. The zero-order valence-electron chi connectivity index (χ0n) is 21.5. The molecular weight excluding hydrogens is 520 g/mol. The van der Waals surface area contributed by atoms with Gasteiger partial charge in [0.25, 0.3) is 0 Å². The highest BCUT2D eigenvalue weighted by Gasteiger charge is 2.52. The number of ether oxygens (including phenoxy) is 2. The van der Waals surface area contributed by atoms with E-state index in [1.165, 1.54) is 18.2 Å². The van der Waals surface area contributed by atoms with Crippen LogP contribution in [0.3, 0.4) is 0 Å². The van der Waals surface area contributed by atoms with Gasteiger partial charge < -0.3 is 9.47 Å². The number of amides is 1. The average Bonchev–Trinajstić information content (AvgIpc) is 3.67. The van der Waals surface area contributed by atoms with Crippen LogP contribution in [0.4, 0.5) is 19.3 Å². The second-order valence-corrected chi connectivity index (χ2v) is 10.5. The average molecular weight is 548 g/mol. The maximum Gasteiger partial charge on any atom is 0.412 e. The molecule has 5 rings (SSSR count). The molecule has 1 amide bonds. The summed E-state index contributed by atoms with van der Waals surface area (Å²) in [6.45, 7) is 3.85. The molecule has 0 aliphatic heterocycles. The second kappa shape index (κ2) is 11.0. The van der Waals surface area contributed by atoms with Gasteiger partial charge in [0.1, 0.15) is 11.9 Å². The normalized spacial score (nSPS) is 14.4. The third-order valence-corrected chi connectivity index (χ3v) is 7.87. The predicted octanol–water partition coefficient (Wildman–Crippen LogP) is 8.26. The summed E-state index contributed by atoms with van der Waals surface area (Å²) < 4.78 is 38.1. The Hall–Kier alpha value is -4.04. The first kappa shape index (κ1) is 26.6. The van der Waals surface area contributed by atoms with Gasteiger partial charge in [-0.3, -0.25) is 10.1 Å². The lowest BCUT2D eigenvalue weighted by molar-refractivity contribution is -0.146. The largest absolute Gasteiger partial charge is 0.465 e. The Morgan fingerprint density at radius 1 is 0.923 bits per heavy atom. The van der Waals surface area contributed by atoms with Crippen LogP contribution in [-0.4, -0.2) is 18.7 Å². The molecule has 1 N–H and O–H groups in total. The topological polar surface area (TPSA) is 64.6 Å². The predicted molar refractivity (Wildman–Crippen MR) is 148 cm³/mol. The molecule has 4 aromatic rings. The Bertz CT molecular complexity index is 1480. The van der Waals surface area contributed by atoms with E-state index >= 15 is 0 Å². The van der Waals surface area contributed by atoms with Gasteiger partial charge in [0.15, 0.2) is 5.13 Å². The van der Waals surface area contributed by atoms with E-state index in [1.54, 1.807) is 19.1 Å². The van der Waals surface area contributed by atoms with Gasteiger partial charge in [-0.05, 0) is 66.6 Å². The van der Waals surface area contributed by atoms with Crippen molar-refractivity contribution in [3.63, 3.8) is 0 Å². The lowest BCUT2D eigenvalue weighted by Crippen LogP contribution is -2.23. The van der Waals surface area contributed by atoms with Gasteiger partial charge in [0.2, 0.25) is 0 Å². The Kier molecular flexibility index (Phi) is 7.48. The number of esters is 1. The van der Waals surface area contributed by atoms with E-state index in [1.807, 2.05) is 55.5 Å². The standard InChI is InChI=1S/C31H27F2NO4S/c1-3-37-29(35)31(16-17-31)24-12-8-22(9-13-24)21-4-6-23(7-5-21)28-26(18-27(33)39-28)34-30(36)38-19(2)20-10-14-25(32)15-11-20/h4-15,18-19H,3,16-17H2,1-2H3,(H,34,36). The van der Waals surface area contributed by atoms with Crippen LogP contribution in [0.15, 0.2) is 78.9 Å². The number of hydrogen-bond donors (Lipinski definition) is 1. The van der Waals surface area contributed by atoms with E-state index in [-0.39, 0.29) is 11.8 Å². The molecule has 0 spiro atoms. The molecule has 8 heteroatoms. The van der Waals surface area contributed by atoms with Crippen LogP contribution in [-0.2, 0) is 19.7 Å². The van der Waals surface area contributed by atoms with E-state index in [9.17, 15) is 18.4 Å². The van der Waals surface area contributed by atoms with Gasteiger partial charge in [0, 0.05) is 6.07 Å². The van der Waals surface area contributed by atoms with Crippen molar-refractivity contribution in [1.82, 2.24) is 0 Å². The molecule has 200 valence electrons. The Morgan fingerprint density at radius 2 is 1.51 bits per heavy atom. The zero-order valence-corrected chi connectivity index (χ0v) is 22.3. The lowest BCUT2D eigenvalue weighted by atomic mass is 9.93. The minimum atomic E-state index is -0.737. The van der Waals surface area contributed by atoms with Crippen molar-refractivity contribution in [2.24, 2.45) is 0 Å². The SMILES string of the molecule is CCOC(=O)C1(c2ccc(-c3ccc(-c4sc(F)cc4NC(=O)OC(C)c4ccc(F)cc4)cc3)cc2)CC1. The van der Waals surface area contributed by atoms with Crippen molar-refractivity contribution >= 4 is 29.1 Å². The van der Waals surface area contributed by atoms with Crippen LogP contribution in [0.2, 0.25) is 0 Å². The third kappa shape index (κ3) is 5.71. The molecule has 1 fully saturated rings. The number of hydrogen-bond acceptors (Lipinski definition) is 5. The molecule has 0 bridgehead atoms.